The smallest absolute Gasteiger partial charge is 0.257 e. The van der Waals surface area contributed by atoms with Crippen LogP contribution in [0.5, 0.6) is 0 Å². The Morgan fingerprint density at radius 2 is 1.89 bits per heavy atom. The lowest BCUT2D eigenvalue weighted by molar-refractivity contribution is 0.261. The van der Waals surface area contributed by atoms with Crippen molar-refractivity contribution in [3.8, 4) is 11.1 Å². The monoisotopic (exact) mass is 480 g/mol. The molecule has 5 aromatic rings. The fraction of sp³-hybridized carbons (Fsp3) is 0.179. The van der Waals surface area contributed by atoms with E-state index in [9.17, 15) is 9.18 Å². The Balaban J connectivity index is 1.29. The van der Waals surface area contributed by atoms with E-state index in [0.29, 0.717) is 42.4 Å². The third-order valence-corrected chi connectivity index (χ3v) is 6.73. The maximum atomic E-state index is 15.0. The number of halogens is 1. The Morgan fingerprint density at radius 3 is 2.67 bits per heavy atom. The van der Waals surface area contributed by atoms with Crippen molar-refractivity contribution in [3.05, 3.63) is 118 Å². The van der Waals surface area contributed by atoms with Crippen LogP contribution in [0.1, 0.15) is 35.4 Å². The standard InChI is InChI=1S/C28H25FN6O/c1-18(20-10-11-22(24(29)13-20)19-7-3-2-4-8-19)25-14-26-32-28(36)23-16-34(15-21-9-5-6-12-30-21)17-31-27(23)35(26)33-25/h2-14,18,31H,15-17H2,1H3,(H,32,36). The molecule has 36 heavy (non-hydrogen) atoms. The second-order valence-electron chi connectivity index (χ2n) is 9.12. The molecule has 0 bridgehead atoms. The molecule has 0 amide bonds. The number of nitrogens with one attached hydrogen (secondary N) is 2. The topological polar surface area (TPSA) is 78.3 Å². The van der Waals surface area contributed by atoms with Crippen LogP contribution in [0.2, 0.25) is 0 Å². The Labute approximate surface area is 207 Å². The van der Waals surface area contributed by atoms with Gasteiger partial charge in [0, 0.05) is 36.8 Å². The predicted octanol–water partition coefficient (Wildman–Crippen LogP) is 4.76. The highest BCUT2D eigenvalue weighted by Crippen LogP contribution is 2.30. The van der Waals surface area contributed by atoms with Crippen molar-refractivity contribution in [3.63, 3.8) is 0 Å². The zero-order valence-corrected chi connectivity index (χ0v) is 19.8. The van der Waals surface area contributed by atoms with Gasteiger partial charge >= 0.3 is 0 Å². The van der Waals surface area contributed by atoms with Crippen LogP contribution in [0.25, 0.3) is 16.8 Å². The van der Waals surface area contributed by atoms with Crippen molar-refractivity contribution in [2.45, 2.75) is 25.9 Å². The molecule has 0 spiro atoms. The summed E-state index contributed by atoms with van der Waals surface area (Å²) in [6, 6.07) is 22.5. The number of hydrogen-bond acceptors (Lipinski definition) is 5. The molecule has 1 atom stereocenters. The van der Waals surface area contributed by atoms with Crippen LogP contribution in [-0.4, -0.2) is 31.2 Å². The maximum Gasteiger partial charge on any atom is 0.257 e. The molecule has 2 N–H and O–H groups in total. The number of fused-ring (bicyclic) bond motifs is 3. The summed E-state index contributed by atoms with van der Waals surface area (Å²) in [5.41, 5.74) is 5.02. The number of pyridine rings is 1. The molecule has 0 fully saturated rings. The van der Waals surface area contributed by atoms with Gasteiger partial charge in [-0.25, -0.2) is 8.91 Å². The number of rotatable bonds is 5. The summed E-state index contributed by atoms with van der Waals surface area (Å²) in [6.07, 6.45) is 1.77. The van der Waals surface area contributed by atoms with Crippen molar-refractivity contribution in [2.75, 3.05) is 12.0 Å². The summed E-state index contributed by atoms with van der Waals surface area (Å²) < 4.78 is 16.7. The molecule has 0 saturated carbocycles. The van der Waals surface area contributed by atoms with Gasteiger partial charge in [-0.3, -0.25) is 14.7 Å². The van der Waals surface area contributed by atoms with Crippen molar-refractivity contribution in [2.24, 2.45) is 0 Å². The summed E-state index contributed by atoms with van der Waals surface area (Å²) in [6.45, 7) is 3.68. The highest BCUT2D eigenvalue weighted by molar-refractivity contribution is 5.64. The molecule has 6 rings (SSSR count). The van der Waals surface area contributed by atoms with E-state index in [-0.39, 0.29) is 17.3 Å². The highest BCUT2D eigenvalue weighted by atomic mass is 19.1. The molecular formula is C28H25FN6O. The fourth-order valence-corrected chi connectivity index (χ4v) is 4.75. The fourth-order valence-electron chi connectivity index (χ4n) is 4.75. The van der Waals surface area contributed by atoms with Gasteiger partial charge in [-0.05, 0) is 29.3 Å². The van der Waals surface area contributed by atoms with Crippen LogP contribution in [0.4, 0.5) is 10.2 Å². The van der Waals surface area contributed by atoms with Gasteiger partial charge in [-0.1, -0.05) is 55.5 Å². The molecule has 1 aliphatic rings. The SMILES string of the molecule is CC(c1ccc(-c2ccccc2)c(F)c1)c1cc2[nH]c(=O)c3c(n2n1)NCN(Cc1ccccn1)C3. The first-order valence-corrected chi connectivity index (χ1v) is 11.9. The van der Waals surface area contributed by atoms with Gasteiger partial charge in [0.2, 0.25) is 0 Å². The largest absolute Gasteiger partial charge is 0.357 e. The molecule has 1 aliphatic heterocycles. The normalized spacial score (nSPS) is 14.4. The Kier molecular flexibility index (Phi) is 5.58. The van der Waals surface area contributed by atoms with Crippen molar-refractivity contribution in [1.82, 2.24) is 24.5 Å². The predicted molar refractivity (Wildman–Crippen MR) is 137 cm³/mol. The second kappa shape index (κ2) is 9.05. The molecule has 180 valence electrons. The van der Waals surface area contributed by atoms with E-state index < -0.39 is 0 Å². The molecule has 1 unspecified atom stereocenters. The van der Waals surface area contributed by atoms with Gasteiger partial charge in [-0.2, -0.15) is 5.10 Å². The van der Waals surface area contributed by atoms with Crippen LogP contribution in [-0.2, 0) is 13.1 Å². The van der Waals surface area contributed by atoms with Crippen molar-refractivity contribution < 1.29 is 4.39 Å². The molecular weight excluding hydrogens is 455 g/mol. The van der Waals surface area contributed by atoms with Crippen molar-refractivity contribution in [1.29, 1.82) is 0 Å². The van der Waals surface area contributed by atoms with Gasteiger partial charge in [0.15, 0.2) is 0 Å². The molecule has 7 nitrogen and oxygen atoms in total. The van der Waals surface area contributed by atoms with Crippen LogP contribution in [0.15, 0.2) is 83.8 Å². The number of nitrogens with zero attached hydrogens (tertiary/aromatic N) is 4. The van der Waals surface area contributed by atoms with E-state index in [4.69, 9.17) is 5.10 Å². The number of aromatic nitrogens is 4. The minimum Gasteiger partial charge on any atom is -0.357 e. The van der Waals surface area contributed by atoms with Crippen LogP contribution in [0, 0.1) is 5.82 Å². The maximum absolute atomic E-state index is 15.0. The van der Waals surface area contributed by atoms with Gasteiger partial charge in [0.1, 0.15) is 17.3 Å². The van der Waals surface area contributed by atoms with Crippen LogP contribution in [0.3, 0.4) is 0 Å². The second-order valence-corrected chi connectivity index (χ2v) is 9.12. The average molecular weight is 481 g/mol. The van der Waals surface area contributed by atoms with Gasteiger partial charge in [0.25, 0.3) is 5.56 Å². The summed E-state index contributed by atoms with van der Waals surface area (Å²) in [7, 11) is 0. The first-order valence-electron chi connectivity index (χ1n) is 11.9. The van der Waals surface area contributed by atoms with Gasteiger partial charge < -0.3 is 10.3 Å². The summed E-state index contributed by atoms with van der Waals surface area (Å²) in [5, 5.41) is 8.16. The zero-order valence-electron chi connectivity index (χ0n) is 19.8. The van der Waals surface area contributed by atoms with Gasteiger partial charge in [-0.15, -0.1) is 0 Å². The number of benzene rings is 2. The molecule has 0 radical (unpaired) electrons. The minimum atomic E-state index is -0.269. The third kappa shape index (κ3) is 4.05. The quantitative estimate of drug-likeness (QED) is 0.379. The van der Waals surface area contributed by atoms with E-state index >= 15 is 0 Å². The van der Waals surface area contributed by atoms with Gasteiger partial charge in [0.05, 0.1) is 23.6 Å². The van der Waals surface area contributed by atoms with E-state index in [1.807, 2.05) is 73.7 Å². The van der Waals surface area contributed by atoms with Crippen LogP contribution >= 0.6 is 0 Å². The number of aromatic amines is 1. The number of anilines is 1. The van der Waals surface area contributed by atoms with Crippen molar-refractivity contribution >= 4 is 11.5 Å². The summed E-state index contributed by atoms with van der Waals surface area (Å²) in [5.74, 6) is 0.262. The lowest BCUT2D eigenvalue weighted by atomic mass is 9.95. The van der Waals surface area contributed by atoms with E-state index in [2.05, 4.69) is 20.2 Å². The minimum absolute atomic E-state index is 0.145. The molecule has 0 saturated heterocycles. The zero-order chi connectivity index (χ0) is 24.6. The Bertz CT molecular complexity index is 1600. The summed E-state index contributed by atoms with van der Waals surface area (Å²) >= 11 is 0. The Morgan fingerprint density at radius 1 is 1.06 bits per heavy atom. The first-order chi connectivity index (χ1) is 17.6. The lowest BCUT2D eigenvalue weighted by Gasteiger charge is -2.29. The summed E-state index contributed by atoms with van der Waals surface area (Å²) in [4.78, 5) is 22.4. The lowest BCUT2D eigenvalue weighted by Crippen LogP contribution is -2.38. The Hall–Kier alpha value is -4.30. The van der Waals surface area contributed by atoms with E-state index in [1.54, 1.807) is 16.8 Å². The molecule has 2 aromatic carbocycles. The van der Waals surface area contributed by atoms with E-state index in [1.165, 1.54) is 0 Å². The first kappa shape index (κ1) is 22.2. The van der Waals surface area contributed by atoms with Crippen LogP contribution < -0.4 is 10.9 Å². The molecule has 3 aromatic heterocycles. The number of hydrogen-bond donors (Lipinski definition) is 2. The average Bonchev–Trinajstić information content (AvgIpc) is 3.33. The highest BCUT2D eigenvalue weighted by Gasteiger charge is 2.24. The third-order valence-electron chi connectivity index (χ3n) is 6.73. The van der Waals surface area contributed by atoms with E-state index in [0.717, 1.165) is 22.5 Å². The number of H-pyrrole nitrogens is 1. The molecule has 0 aliphatic carbocycles. The molecule has 4 heterocycles. The molecule has 8 heteroatoms.